The van der Waals surface area contributed by atoms with Gasteiger partial charge in [0.15, 0.2) is 0 Å². The van der Waals surface area contributed by atoms with Gasteiger partial charge >= 0.3 is 6.18 Å². The molecule has 3 N–H and O–H groups in total. The first kappa shape index (κ1) is 15.3. The van der Waals surface area contributed by atoms with Crippen molar-refractivity contribution in [2.24, 2.45) is 5.73 Å². The summed E-state index contributed by atoms with van der Waals surface area (Å²) in [4.78, 5) is 1.76. The van der Waals surface area contributed by atoms with Crippen LogP contribution in [0.2, 0.25) is 0 Å². The van der Waals surface area contributed by atoms with Crippen molar-refractivity contribution in [3.8, 4) is 0 Å². The topological polar surface area (TPSA) is 62.3 Å². The number of hydrogen-bond acceptors (Lipinski definition) is 3. The minimum absolute atomic E-state index is 0.00945. The molecule has 0 aliphatic carbocycles. The van der Waals surface area contributed by atoms with Crippen molar-refractivity contribution in [1.29, 1.82) is 5.41 Å². The van der Waals surface area contributed by atoms with E-state index in [1.54, 1.807) is 36.2 Å². The van der Waals surface area contributed by atoms with Crippen molar-refractivity contribution in [2.75, 3.05) is 31.7 Å². The molecule has 0 atom stereocenters. The molecule has 19 heavy (non-hydrogen) atoms. The molecule has 0 saturated heterocycles. The monoisotopic (exact) mass is 275 g/mol. The number of benzene rings is 1. The molecule has 0 fully saturated rings. The van der Waals surface area contributed by atoms with E-state index in [-0.39, 0.29) is 12.4 Å². The molecule has 106 valence electrons. The summed E-state index contributed by atoms with van der Waals surface area (Å²) >= 11 is 0. The maximum absolute atomic E-state index is 11.9. The average molecular weight is 275 g/mol. The van der Waals surface area contributed by atoms with E-state index in [9.17, 15) is 13.2 Å². The third-order valence-electron chi connectivity index (χ3n) is 2.46. The zero-order valence-electron chi connectivity index (χ0n) is 10.5. The summed E-state index contributed by atoms with van der Waals surface area (Å²) in [6, 6.07) is 6.87. The maximum Gasteiger partial charge on any atom is 0.411 e. The van der Waals surface area contributed by atoms with Gasteiger partial charge in [-0.3, -0.25) is 5.41 Å². The van der Waals surface area contributed by atoms with E-state index in [0.717, 1.165) is 5.69 Å². The van der Waals surface area contributed by atoms with E-state index in [2.05, 4.69) is 4.74 Å². The first-order valence-electron chi connectivity index (χ1n) is 5.59. The molecule has 0 heterocycles. The highest BCUT2D eigenvalue weighted by molar-refractivity contribution is 5.95. The Morgan fingerprint density at radius 2 is 1.89 bits per heavy atom. The fraction of sp³-hybridized carbons (Fsp3) is 0.417. The maximum atomic E-state index is 11.9. The molecule has 1 rings (SSSR count). The molecule has 0 aliphatic rings. The van der Waals surface area contributed by atoms with E-state index in [0.29, 0.717) is 12.1 Å². The zero-order chi connectivity index (χ0) is 14.5. The van der Waals surface area contributed by atoms with E-state index >= 15 is 0 Å². The third-order valence-corrected chi connectivity index (χ3v) is 2.46. The van der Waals surface area contributed by atoms with Crippen LogP contribution in [0.1, 0.15) is 5.56 Å². The largest absolute Gasteiger partial charge is 0.411 e. The van der Waals surface area contributed by atoms with E-state index in [4.69, 9.17) is 11.1 Å². The van der Waals surface area contributed by atoms with E-state index < -0.39 is 12.8 Å². The molecule has 0 bridgehead atoms. The second-order valence-electron chi connectivity index (χ2n) is 4.05. The molecule has 7 heteroatoms. The van der Waals surface area contributed by atoms with Crippen molar-refractivity contribution in [3.05, 3.63) is 29.8 Å². The van der Waals surface area contributed by atoms with Crippen LogP contribution in [-0.2, 0) is 4.74 Å². The smallest absolute Gasteiger partial charge is 0.384 e. The van der Waals surface area contributed by atoms with Gasteiger partial charge in [-0.15, -0.1) is 0 Å². The van der Waals surface area contributed by atoms with E-state index in [1.807, 2.05) is 0 Å². The standard InChI is InChI=1S/C12H16F3N3O/c1-18(6-7-19-8-12(13,14)15)10-4-2-9(3-5-10)11(16)17/h2-5H,6-8H2,1H3,(H3,16,17). The van der Waals surface area contributed by atoms with Crippen molar-refractivity contribution < 1.29 is 17.9 Å². The summed E-state index contributed by atoms with van der Waals surface area (Å²) in [5.41, 5.74) is 6.74. The number of halogens is 3. The van der Waals surface area contributed by atoms with Crippen LogP contribution < -0.4 is 10.6 Å². The van der Waals surface area contributed by atoms with Gasteiger partial charge in [0.05, 0.1) is 6.61 Å². The second-order valence-corrected chi connectivity index (χ2v) is 4.05. The van der Waals surface area contributed by atoms with Crippen LogP contribution in [0.5, 0.6) is 0 Å². The number of likely N-dealkylation sites (N-methyl/N-ethyl adjacent to an activating group) is 1. The summed E-state index contributed by atoms with van der Waals surface area (Å²) in [5, 5.41) is 7.25. The molecule has 1 aromatic carbocycles. The van der Waals surface area contributed by atoms with Gasteiger partial charge in [-0.05, 0) is 24.3 Å². The first-order chi connectivity index (χ1) is 8.79. The Kier molecular flexibility index (Phi) is 5.17. The number of alkyl halides is 3. The quantitative estimate of drug-likeness (QED) is 0.474. The fourth-order valence-electron chi connectivity index (χ4n) is 1.41. The van der Waals surface area contributed by atoms with Gasteiger partial charge in [-0.2, -0.15) is 13.2 Å². The molecule has 0 radical (unpaired) electrons. The van der Waals surface area contributed by atoms with Crippen molar-refractivity contribution in [2.45, 2.75) is 6.18 Å². The van der Waals surface area contributed by atoms with Gasteiger partial charge in [-0.25, -0.2) is 0 Å². The first-order valence-corrected chi connectivity index (χ1v) is 5.59. The number of nitrogen functional groups attached to an aromatic ring is 1. The third kappa shape index (κ3) is 5.60. The SMILES string of the molecule is CN(CCOCC(F)(F)F)c1ccc(C(=N)N)cc1. The lowest BCUT2D eigenvalue weighted by Crippen LogP contribution is -2.25. The molecule has 0 unspecified atom stereocenters. The number of anilines is 1. The lowest BCUT2D eigenvalue weighted by atomic mass is 10.2. The van der Waals surface area contributed by atoms with Crippen LogP contribution in [0, 0.1) is 5.41 Å². The predicted molar refractivity (Wildman–Crippen MR) is 67.6 cm³/mol. The number of nitrogens with zero attached hydrogens (tertiary/aromatic N) is 1. The summed E-state index contributed by atoms with van der Waals surface area (Å²) in [5.74, 6) is -0.0253. The van der Waals surface area contributed by atoms with Gasteiger partial charge in [0.2, 0.25) is 0 Å². The molecular weight excluding hydrogens is 259 g/mol. The van der Waals surface area contributed by atoms with Gasteiger partial charge in [-0.1, -0.05) is 0 Å². The van der Waals surface area contributed by atoms with Crippen LogP contribution in [0.15, 0.2) is 24.3 Å². The summed E-state index contributed by atoms with van der Waals surface area (Å²) in [7, 11) is 1.75. The highest BCUT2D eigenvalue weighted by Crippen LogP contribution is 2.15. The van der Waals surface area contributed by atoms with Crippen LogP contribution in [0.3, 0.4) is 0 Å². The fourth-order valence-corrected chi connectivity index (χ4v) is 1.41. The minimum Gasteiger partial charge on any atom is -0.384 e. The second kappa shape index (κ2) is 6.42. The van der Waals surface area contributed by atoms with Crippen LogP contribution in [0.25, 0.3) is 0 Å². The van der Waals surface area contributed by atoms with Gasteiger partial charge in [0.1, 0.15) is 12.4 Å². The number of amidine groups is 1. The van der Waals surface area contributed by atoms with Crippen LogP contribution in [-0.4, -0.2) is 38.8 Å². The Bertz CT molecular complexity index is 417. The lowest BCUT2D eigenvalue weighted by Gasteiger charge is -2.19. The zero-order valence-corrected chi connectivity index (χ0v) is 10.5. The molecule has 4 nitrogen and oxygen atoms in total. The van der Waals surface area contributed by atoms with Gasteiger partial charge < -0.3 is 15.4 Å². The Hall–Kier alpha value is -1.76. The number of hydrogen-bond donors (Lipinski definition) is 2. The molecule has 0 spiro atoms. The van der Waals surface area contributed by atoms with Crippen molar-refractivity contribution in [1.82, 2.24) is 0 Å². The molecular formula is C12H16F3N3O. The van der Waals surface area contributed by atoms with Crippen LogP contribution in [0.4, 0.5) is 18.9 Å². The molecule has 0 saturated carbocycles. The van der Waals surface area contributed by atoms with Crippen LogP contribution >= 0.6 is 0 Å². The summed E-state index contributed by atoms with van der Waals surface area (Å²) < 4.78 is 40.1. The van der Waals surface area contributed by atoms with Gasteiger partial charge in [0.25, 0.3) is 0 Å². The number of rotatable bonds is 6. The predicted octanol–water partition coefficient (Wildman–Crippen LogP) is 1.99. The van der Waals surface area contributed by atoms with Crippen molar-refractivity contribution >= 4 is 11.5 Å². The average Bonchev–Trinajstić information content (AvgIpc) is 2.33. The number of nitrogens with two attached hydrogens (primary N) is 1. The Morgan fingerprint density at radius 3 is 2.37 bits per heavy atom. The summed E-state index contributed by atoms with van der Waals surface area (Å²) in [6.07, 6.45) is -4.29. The molecule has 0 aliphatic heterocycles. The molecule has 0 aromatic heterocycles. The lowest BCUT2D eigenvalue weighted by molar-refractivity contribution is -0.173. The Labute approximate surface area is 109 Å². The summed E-state index contributed by atoms with van der Waals surface area (Å²) in [6.45, 7) is -0.899. The Balaban J connectivity index is 2.41. The number of ether oxygens (including phenoxy) is 1. The highest BCUT2D eigenvalue weighted by atomic mass is 19.4. The normalized spacial score (nSPS) is 11.4. The van der Waals surface area contributed by atoms with E-state index in [1.165, 1.54) is 0 Å². The molecule has 0 amide bonds. The Morgan fingerprint density at radius 1 is 1.32 bits per heavy atom. The molecule has 1 aromatic rings. The number of nitrogens with one attached hydrogen (secondary N) is 1. The highest BCUT2D eigenvalue weighted by Gasteiger charge is 2.27. The minimum atomic E-state index is -4.29. The van der Waals surface area contributed by atoms with Crippen molar-refractivity contribution in [3.63, 3.8) is 0 Å². The van der Waals surface area contributed by atoms with Gasteiger partial charge in [0, 0.05) is 24.8 Å².